The van der Waals surface area contributed by atoms with Crippen molar-refractivity contribution < 1.29 is 14.4 Å². The average molecular weight is 383 g/mol. The monoisotopic (exact) mass is 383 g/mol. The average Bonchev–Trinajstić information content (AvgIpc) is 3.36. The predicted octanol–water partition coefficient (Wildman–Crippen LogP) is 2.12. The van der Waals surface area contributed by atoms with Gasteiger partial charge in [-0.3, -0.25) is 14.5 Å². The molecule has 1 fully saturated rings. The van der Waals surface area contributed by atoms with Crippen LogP contribution in [0.25, 0.3) is 10.9 Å². The smallest absolute Gasteiger partial charge is 0.324 e. The van der Waals surface area contributed by atoms with Gasteiger partial charge in [-0.05, 0) is 18.1 Å². The number of aromatic nitrogens is 2. The number of carbonyl (C=O) groups excluding carboxylic acids is 3. The second-order valence-electron chi connectivity index (χ2n) is 6.19. The number of benzene rings is 1. The van der Waals surface area contributed by atoms with Crippen LogP contribution in [0.4, 0.5) is 9.93 Å². The number of nitrogens with one attached hydrogen (secondary N) is 3. The van der Waals surface area contributed by atoms with Crippen LogP contribution in [0, 0.1) is 0 Å². The van der Waals surface area contributed by atoms with Gasteiger partial charge in [-0.25, -0.2) is 9.78 Å². The SMILES string of the molecule is O=C(CC1NC(=O)N(CCc2c[nH]c3ccccc23)C1=O)Nc1nccs1. The number of para-hydroxylation sites is 1. The van der Waals surface area contributed by atoms with Crippen LogP contribution in [0.1, 0.15) is 12.0 Å². The zero-order valence-corrected chi connectivity index (χ0v) is 15.1. The van der Waals surface area contributed by atoms with Crippen molar-refractivity contribution in [3.63, 3.8) is 0 Å². The minimum atomic E-state index is -0.847. The van der Waals surface area contributed by atoms with Gasteiger partial charge in [0, 0.05) is 35.2 Å². The van der Waals surface area contributed by atoms with Crippen molar-refractivity contribution in [3.05, 3.63) is 47.6 Å². The van der Waals surface area contributed by atoms with Gasteiger partial charge in [-0.1, -0.05) is 18.2 Å². The largest absolute Gasteiger partial charge is 0.361 e. The van der Waals surface area contributed by atoms with Crippen molar-refractivity contribution in [2.75, 3.05) is 11.9 Å². The molecule has 0 spiro atoms. The molecule has 0 aliphatic carbocycles. The lowest BCUT2D eigenvalue weighted by Gasteiger charge is -2.12. The summed E-state index contributed by atoms with van der Waals surface area (Å²) in [5, 5.41) is 8.48. The number of rotatable bonds is 6. The molecule has 1 aliphatic rings. The lowest BCUT2D eigenvalue weighted by molar-refractivity contribution is -0.129. The second-order valence-corrected chi connectivity index (χ2v) is 7.09. The summed E-state index contributed by atoms with van der Waals surface area (Å²) in [5.74, 6) is -0.740. The van der Waals surface area contributed by atoms with E-state index in [0.29, 0.717) is 11.6 Å². The minimum Gasteiger partial charge on any atom is -0.361 e. The summed E-state index contributed by atoms with van der Waals surface area (Å²) in [6.45, 7) is 0.261. The van der Waals surface area contributed by atoms with Crippen LogP contribution in [0.15, 0.2) is 42.0 Å². The number of thiazole rings is 1. The summed E-state index contributed by atoms with van der Waals surface area (Å²) in [6, 6.07) is 6.56. The zero-order chi connectivity index (χ0) is 18.8. The van der Waals surface area contributed by atoms with Gasteiger partial charge in [0.25, 0.3) is 5.91 Å². The molecule has 0 saturated carbocycles. The number of fused-ring (bicyclic) bond motifs is 1. The molecule has 1 aliphatic heterocycles. The van der Waals surface area contributed by atoms with Gasteiger partial charge in [0.2, 0.25) is 5.91 Å². The quantitative estimate of drug-likeness (QED) is 0.567. The molecule has 138 valence electrons. The van der Waals surface area contributed by atoms with Crippen molar-refractivity contribution in [1.29, 1.82) is 0 Å². The zero-order valence-electron chi connectivity index (χ0n) is 14.3. The van der Waals surface area contributed by atoms with Crippen LogP contribution in [-0.2, 0) is 16.0 Å². The maximum absolute atomic E-state index is 12.5. The Balaban J connectivity index is 1.37. The maximum atomic E-state index is 12.5. The van der Waals surface area contributed by atoms with Crippen molar-refractivity contribution in [1.82, 2.24) is 20.2 Å². The Morgan fingerprint density at radius 3 is 2.96 bits per heavy atom. The van der Waals surface area contributed by atoms with Gasteiger partial charge in [0.1, 0.15) is 6.04 Å². The Hall–Kier alpha value is -3.20. The Bertz CT molecular complexity index is 998. The van der Waals surface area contributed by atoms with E-state index < -0.39 is 12.1 Å². The van der Waals surface area contributed by atoms with E-state index in [1.807, 2.05) is 30.5 Å². The van der Waals surface area contributed by atoms with Crippen LogP contribution in [-0.4, -0.2) is 45.3 Å². The third-order valence-electron chi connectivity index (χ3n) is 4.45. The highest BCUT2D eigenvalue weighted by Crippen LogP contribution is 2.19. The van der Waals surface area contributed by atoms with Crippen LogP contribution in [0.3, 0.4) is 0 Å². The number of amides is 4. The first-order valence-electron chi connectivity index (χ1n) is 8.48. The lowest BCUT2D eigenvalue weighted by Crippen LogP contribution is -2.34. The molecule has 2 aromatic heterocycles. The Morgan fingerprint density at radius 2 is 2.15 bits per heavy atom. The number of aromatic amines is 1. The third-order valence-corrected chi connectivity index (χ3v) is 5.14. The normalized spacial score (nSPS) is 16.7. The van der Waals surface area contributed by atoms with Crippen LogP contribution in [0.2, 0.25) is 0 Å². The van der Waals surface area contributed by atoms with E-state index in [0.717, 1.165) is 16.5 Å². The molecule has 4 amide bonds. The molecule has 1 unspecified atom stereocenters. The molecule has 0 radical (unpaired) electrons. The summed E-state index contributed by atoms with van der Waals surface area (Å²) in [6.07, 6.45) is 3.90. The molecule has 0 bridgehead atoms. The molecule has 27 heavy (non-hydrogen) atoms. The first-order valence-corrected chi connectivity index (χ1v) is 9.36. The Kier molecular flexibility index (Phi) is 4.59. The van der Waals surface area contributed by atoms with Crippen molar-refractivity contribution in [2.24, 2.45) is 0 Å². The third kappa shape index (κ3) is 3.54. The van der Waals surface area contributed by atoms with E-state index in [4.69, 9.17) is 0 Å². The molecule has 3 heterocycles. The van der Waals surface area contributed by atoms with Crippen LogP contribution in [0.5, 0.6) is 0 Å². The molecule has 1 aromatic carbocycles. The first kappa shape index (κ1) is 17.2. The fourth-order valence-corrected chi connectivity index (χ4v) is 3.68. The molecule has 4 rings (SSSR count). The van der Waals surface area contributed by atoms with E-state index in [1.54, 1.807) is 11.6 Å². The molecule has 3 N–H and O–H groups in total. The van der Waals surface area contributed by atoms with Gasteiger partial charge in [0.15, 0.2) is 5.13 Å². The molecular weight excluding hydrogens is 366 g/mol. The van der Waals surface area contributed by atoms with E-state index in [-0.39, 0.29) is 24.8 Å². The summed E-state index contributed by atoms with van der Waals surface area (Å²) >= 11 is 1.29. The molecule has 1 atom stereocenters. The topological polar surface area (TPSA) is 107 Å². The number of hydrogen-bond acceptors (Lipinski definition) is 5. The van der Waals surface area contributed by atoms with E-state index in [9.17, 15) is 14.4 Å². The Morgan fingerprint density at radius 1 is 1.30 bits per heavy atom. The number of hydrogen-bond donors (Lipinski definition) is 3. The van der Waals surface area contributed by atoms with E-state index >= 15 is 0 Å². The number of imide groups is 1. The predicted molar refractivity (Wildman–Crippen MR) is 101 cm³/mol. The van der Waals surface area contributed by atoms with Crippen molar-refractivity contribution >= 4 is 45.2 Å². The van der Waals surface area contributed by atoms with E-state index in [2.05, 4.69) is 20.6 Å². The summed E-state index contributed by atoms with van der Waals surface area (Å²) in [4.78, 5) is 45.0. The van der Waals surface area contributed by atoms with Crippen molar-refractivity contribution in [3.8, 4) is 0 Å². The number of H-pyrrole nitrogens is 1. The van der Waals surface area contributed by atoms with Gasteiger partial charge in [0.05, 0.1) is 6.42 Å². The first-order chi connectivity index (χ1) is 13.1. The number of carbonyl (C=O) groups is 3. The van der Waals surface area contributed by atoms with Gasteiger partial charge in [-0.2, -0.15) is 0 Å². The second kappa shape index (κ2) is 7.20. The fraction of sp³-hybridized carbons (Fsp3) is 0.222. The number of urea groups is 1. The van der Waals surface area contributed by atoms with E-state index in [1.165, 1.54) is 16.2 Å². The summed E-state index contributed by atoms with van der Waals surface area (Å²) in [5.41, 5.74) is 2.05. The highest BCUT2D eigenvalue weighted by molar-refractivity contribution is 7.13. The number of nitrogens with zero attached hydrogens (tertiary/aromatic N) is 2. The molecule has 9 heteroatoms. The number of anilines is 1. The van der Waals surface area contributed by atoms with Gasteiger partial charge < -0.3 is 15.6 Å². The standard InChI is InChI=1S/C18H17N5O3S/c24-15(22-17-19-6-8-27-17)9-14-16(25)23(18(26)21-14)7-5-11-10-20-13-4-2-1-3-12(11)13/h1-4,6,8,10,14,20H,5,7,9H2,(H,21,26)(H,19,22,24). The minimum absolute atomic E-state index is 0.117. The molecule has 8 nitrogen and oxygen atoms in total. The fourth-order valence-electron chi connectivity index (χ4n) is 3.14. The summed E-state index contributed by atoms with van der Waals surface area (Å²) < 4.78 is 0. The lowest BCUT2D eigenvalue weighted by atomic mass is 10.1. The molecular formula is C18H17N5O3S. The van der Waals surface area contributed by atoms with Crippen LogP contribution >= 0.6 is 11.3 Å². The molecule has 3 aromatic rings. The van der Waals surface area contributed by atoms with Crippen LogP contribution < -0.4 is 10.6 Å². The summed E-state index contributed by atoms with van der Waals surface area (Å²) in [7, 11) is 0. The maximum Gasteiger partial charge on any atom is 0.324 e. The van der Waals surface area contributed by atoms with Crippen molar-refractivity contribution in [2.45, 2.75) is 18.9 Å². The van der Waals surface area contributed by atoms with Gasteiger partial charge in [-0.15, -0.1) is 11.3 Å². The molecule has 1 saturated heterocycles. The Labute approximate surface area is 158 Å². The highest BCUT2D eigenvalue weighted by atomic mass is 32.1. The highest BCUT2D eigenvalue weighted by Gasteiger charge is 2.38. The van der Waals surface area contributed by atoms with Gasteiger partial charge >= 0.3 is 6.03 Å².